The summed E-state index contributed by atoms with van der Waals surface area (Å²) in [6.45, 7) is 3.53. The average molecular weight is 284 g/mol. The summed E-state index contributed by atoms with van der Waals surface area (Å²) in [7, 11) is 0. The highest BCUT2D eigenvalue weighted by molar-refractivity contribution is 5.81. The lowest BCUT2D eigenvalue weighted by Gasteiger charge is -2.36. The van der Waals surface area contributed by atoms with Crippen LogP contribution in [0.1, 0.15) is 19.8 Å². The molecule has 0 aromatic rings. The van der Waals surface area contributed by atoms with Gasteiger partial charge in [-0.15, -0.1) is 0 Å². The maximum atomic E-state index is 12.4. The second-order valence-electron chi connectivity index (χ2n) is 5.26. The Morgan fingerprint density at radius 1 is 1.10 bits per heavy atom. The van der Waals surface area contributed by atoms with Crippen molar-refractivity contribution in [1.82, 2.24) is 9.80 Å². The van der Waals surface area contributed by atoms with E-state index in [0.717, 1.165) is 0 Å². The molecule has 0 spiro atoms. The number of aliphatic carboxylic acids is 1. The van der Waals surface area contributed by atoms with Gasteiger partial charge in [-0.3, -0.25) is 9.59 Å². The van der Waals surface area contributed by atoms with Crippen molar-refractivity contribution in [1.29, 1.82) is 0 Å². The third kappa shape index (κ3) is 3.27. The summed E-state index contributed by atoms with van der Waals surface area (Å²) in [4.78, 5) is 37.8. The van der Waals surface area contributed by atoms with Gasteiger partial charge >= 0.3 is 5.97 Å². The predicted octanol–water partition coefficient (Wildman–Crippen LogP) is -0.443. The molecule has 1 atom stereocenters. The Morgan fingerprint density at radius 2 is 1.75 bits per heavy atom. The summed E-state index contributed by atoms with van der Waals surface area (Å²) < 4.78 is 5.11. The molecule has 2 amide bonds. The monoisotopic (exact) mass is 284 g/mol. The third-order valence-electron chi connectivity index (χ3n) is 3.94. The van der Waals surface area contributed by atoms with E-state index in [-0.39, 0.29) is 30.9 Å². The van der Waals surface area contributed by atoms with Crippen molar-refractivity contribution >= 4 is 17.8 Å². The molecule has 0 radical (unpaired) electrons. The van der Waals surface area contributed by atoms with Crippen molar-refractivity contribution in [2.45, 2.75) is 25.9 Å². The van der Waals surface area contributed by atoms with E-state index < -0.39 is 12.1 Å². The summed E-state index contributed by atoms with van der Waals surface area (Å²) in [5.41, 5.74) is 0. The zero-order valence-corrected chi connectivity index (χ0v) is 11.6. The molecule has 1 N–H and O–H groups in total. The number of piperidine rings is 1. The van der Waals surface area contributed by atoms with Gasteiger partial charge in [0.1, 0.15) is 0 Å². The fraction of sp³-hybridized carbons (Fsp3) is 0.769. The minimum absolute atomic E-state index is 0.0113. The summed E-state index contributed by atoms with van der Waals surface area (Å²) in [6.07, 6.45) is 0.367. The Balaban J connectivity index is 1.88. The van der Waals surface area contributed by atoms with Crippen LogP contribution >= 0.6 is 0 Å². The molecule has 2 fully saturated rings. The molecule has 1 unspecified atom stereocenters. The number of hydrogen-bond acceptors (Lipinski definition) is 4. The van der Waals surface area contributed by atoms with E-state index in [2.05, 4.69) is 0 Å². The number of morpholine rings is 1. The lowest BCUT2D eigenvalue weighted by atomic mass is 9.95. The maximum Gasteiger partial charge on any atom is 0.334 e. The van der Waals surface area contributed by atoms with Crippen LogP contribution in [0.15, 0.2) is 0 Å². The van der Waals surface area contributed by atoms with Gasteiger partial charge in [0.05, 0.1) is 13.2 Å². The van der Waals surface area contributed by atoms with Crippen LogP contribution in [0.4, 0.5) is 0 Å². The molecule has 0 aliphatic carbocycles. The van der Waals surface area contributed by atoms with Crippen LogP contribution < -0.4 is 0 Å². The van der Waals surface area contributed by atoms with Crippen LogP contribution in [-0.4, -0.2) is 71.6 Å². The van der Waals surface area contributed by atoms with Crippen LogP contribution in [0.2, 0.25) is 0 Å². The molecule has 112 valence electrons. The first-order chi connectivity index (χ1) is 9.49. The fourth-order valence-corrected chi connectivity index (χ4v) is 2.70. The minimum Gasteiger partial charge on any atom is -0.479 e. The number of nitrogens with zero attached hydrogens (tertiary/aromatic N) is 2. The Kier molecular flexibility index (Phi) is 4.59. The molecule has 2 rings (SSSR count). The van der Waals surface area contributed by atoms with E-state index in [4.69, 9.17) is 9.84 Å². The van der Waals surface area contributed by atoms with Gasteiger partial charge in [0.25, 0.3) is 0 Å². The average Bonchev–Trinajstić information content (AvgIpc) is 2.46. The number of amides is 2. The topological polar surface area (TPSA) is 87.2 Å². The molecule has 20 heavy (non-hydrogen) atoms. The lowest BCUT2D eigenvalue weighted by Crippen LogP contribution is -2.51. The van der Waals surface area contributed by atoms with E-state index in [9.17, 15) is 14.4 Å². The normalized spacial score (nSPS) is 24.6. The van der Waals surface area contributed by atoms with Gasteiger partial charge in [0.2, 0.25) is 11.8 Å². The maximum absolute atomic E-state index is 12.4. The molecule has 2 aliphatic heterocycles. The van der Waals surface area contributed by atoms with Crippen molar-refractivity contribution in [3.8, 4) is 0 Å². The number of hydrogen-bond donors (Lipinski definition) is 1. The van der Waals surface area contributed by atoms with Crippen molar-refractivity contribution in [3.63, 3.8) is 0 Å². The summed E-state index contributed by atoms with van der Waals surface area (Å²) in [5.74, 6) is -1.12. The smallest absolute Gasteiger partial charge is 0.334 e. The highest BCUT2D eigenvalue weighted by atomic mass is 16.5. The number of likely N-dealkylation sites (tertiary alicyclic amines) is 1. The molecule has 0 aromatic heterocycles. The minimum atomic E-state index is -1.03. The molecular formula is C13H20N2O5. The van der Waals surface area contributed by atoms with Crippen molar-refractivity contribution in [3.05, 3.63) is 0 Å². The van der Waals surface area contributed by atoms with Crippen LogP contribution in [0, 0.1) is 5.92 Å². The number of carboxylic acid groups (broad SMARTS) is 1. The van der Waals surface area contributed by atoms with Gasteiger partial charge in [-0.2, -0.15) is 0 Å². The first-order valence-electron chi connectivity index (χ1n) is 6.87. The Labute approximate surface area is 117 Å². The number of carboxylic acids is 1. The molecular weight excluding hydrogens is 264 g/mol. The Morgan fingerprint density at radius 3 is 2.30 bits per heavy atom. The largest absolute Gasteiger partial charge is 0.479 e. The van der Waals surface area contributed by atoms with Gasteiger partial charge in [-0.05, 0) is 12.8 Å². The molecule has 7 nitrogen and oxygen atoms in total. The number of rotatable bonds is 2. The van der Waals surface area contributed by atoms with Crippen LogP contribution in [0.25, 0.3) is 0 Å². The van der Waals surface area contributed by atoms with Gasteiger partial charge in [-0.1, -0.05) is 0 Å². The molecule has 0 bridgehead atoms. The zero-order chi connectivity index (χ0) is 14.7. The molecule has 2 heterocycles. The van der Waals surface area contributed by atoms with Crippen molar-refractivity contribution in [2.75, 3.05) is 32.8 Å². The molecule has 2 saturated heterocycles. The molecule has 0 aromatic carbocycles. The second-order valence-corrected chi connectivity index (χ2v) is 5.26. The number of carbonyl (C=O) groups excluding carboxylic acids is 2. The van der Waals surface area contributed by atoms with E-state index in [1.165, 1.54) is 6.92 Å². The van der Waals surface area contributed by atoms with E-state index in [1.54, 1.807) is 9.80 Å². The number of ether oxygens (including phenoxy) is 1. The first-order valence-corrected chi connectivity index (χ1v) is 6.87. The van der Waals surface area contributed by atoms with Gasteiger partial charge in [0.15, 0.2) is 6.10 Å². The molecule has 0 saturated carbocycles. The van der Waals surface area contributed by atoms with E-state index in [1.807, 2.05) is 0 Å². The van der Waals surface area contributed by atoms with E-state index in [0.29, 0.717) is 32.5 Å². The summed E-state index contributed by atoms with van der Waals surface area (Å²) >= 11 is 0. The highest BCUT2D eigenvalue weighted by Gasteiger charge is 2.34. The lowest BCUT2D eigenvalue weighted by molar-refractivity contribution is -0.161. The van der Waals surface area contributed by atoms with Crippen LogP contribution in [0.5, 0.6) is 0 Å². The Bertz CT molecular complexity index is 404. The standard InChI is InChI=1S/C13H20N2O5/c1-9(16)14-4-2-10(3-5-14)12(17)15-6-7-20-11(8-15)13(18)19/h10-11H,2-8H2,1H3,(H,18,19). The third-order valence-corrected chi connectivity index (χ3v) is 3.94. The van der Waals surface area contributed by atoms with Crippen LogP contribution in [0.3, 0.4) is 0 Å². The molecule has 2 aliphatic rings. The van der Waals surface area contributed by atoms with E-state index >= 15 is 0 Å². The zero-order valence-electron chi connectivity index (χ0n) is 11.6. The van der Waals surface area contributed by atoms with Crippen molar-refractivity contribution < 1.29 is 24.2 Å². The predicted molar refractivity (Wildman–Crippen MR) is 68.9 cm³/mol. The fourth-order valence-electron chi connectivity index (χ4n) is 2.70. The SMILES string of the molecule is CC(=O)N1CCC(C(=O)N2CCOC(C(=O)O)C2)CC1. The molecule has 7 heteroatoms. The highest BCUT2D eigenvalue weighted by Crippen LogP contribution is 2.21. The van der Waals surface area contributed by atoms with Crippen LogP contribution in [-0.2, 0) is 19.1 Å². The summed E-state index contributed by atoms with van der Waals surface area (Å²) in [5, 5.41) is 8.94. The van der Waals surface area contributed by atoms with Gasteiger partial charge < -0.3 is 19.6 Å². The second kappa shape index (κ2) is 6.21. The number of carbonyl (C=O) groups is 3. The first kappa shape index (κ1) is 14.8. The Hall–Kier alpha value is -1.63. The van der Waals surface area contributed by atoms with Gasteiger partial charge in [-0.25, -0.2) is 4.79 Å². The van der Waals surface area contributed by atoms with Gasteiger partial charge in [0, 0.05) is 32.5 Å². The quantitative estimate of drug-likeness (QED) is 0.742. The summed E-state index contributed by atoms with van der Waals surface area (Å²) in [6, 6.07) is 0. The van der Waals surface area contributed by atoms with Crippen molar-refractivity contribution in [2.24, 2.45) is 5.92 Å².